The largest absolute Gasteiger partial charge is 0.358 e. The molecule has 2 aromatic rings. The van der Waals surface area contributed by atoms with Gasteiger partial charge in [0.15, 0.2) is 0 Å². The highest BCUT2D eigenvalue weighted by molar-refractivity contribution is 7.77. The lowest BCUT2D eigenvalue weighted by molar-refractivity contribution is 0.0432. The van der Waals surface area contributed by atoms with Gasteiger partial charge >= 0.3 is 5.97 Å². The van der Waals surface area contributed by atoms with E-state index < -0.39 is 5.97 Å². The summed E-state index contributed by atoms with van der Waals surface area (Å²) in [5.41, 5.74) is 1.58. The Morgan fingerprint density at radius 2 is 1.94 bits per heavy atom. The minimum atomic E-state index is -0.435. The van der Waals surface area contributed by atoms with Gasteiger partial charge in [-0.15, -0.1) is 0 Å². The third-order valence-corrected chi connectivity index (χ3v) is 2.56. The van der Waals surface area contributed by atoms with E-state index in [2.05, 4.69) is 22.5 Å². The lowest BCUT2D eigenvalue weighted by Gasteiger charge is -2.07. The summed E-state index contributed by atoms with van der Waals surface area (Å²) in [5.74, 6) is -0.435. The summed E-state index contributed by atoms with van der Waals surface area (Å²) in [6.07, 6.45) is 0. The van der Waals surface area contributed by atoms with E-state index in [1.54, 1.807) is 6.07 Å². The Bertz CT molecular complexity index is 534. The van der Waals surface area contributed by atoms with Crippen LogP contribution in [0.2, 0.25) is 0 Å². The maximum Gasteiger partial charge on any atom is 0.358 e. The zero-order valence-corrected chi connectivity index (χ0v) is 9.62. The molecule has 0 bridgehead atoms. The Morgan fingerprint density at radius 1 is 1.25 bits per heavy atom. The Labute approximate surface area is 98.9 Å². The zero-order valence-electron chi connectivity index (χ0n) is 8.73. The monoisotopic (exact) mass is 233 g/mol. The first-order chi connectivity index (χ1) is 7.74. The van der Waals surface area contributed by atoms with E-state index in [-0.39, 0.29) is 0 Å². The number of carbonyl (C=O) groups is 1. The SMILES string of the molecule is Cc1cccc2cccc(C(=O)ONS)c12. The number of benzene rings is 2. The van der Waals surface area contributed by atoms with Crippen LogP contribution in [0, 0.1) is 6.92 Å². The van der Waals surface area contributed by atoms with Gasteiger partial charge in [-0.3, -0.25) is 0 Å². The number of thiol groups is 1. The molecule has 82 valence electrons. The van der Waals surface area contributed by atoms with Crippen LogP contribution < -0.4 is 4.89 Å². The minimum Gasteiger partial charge on any atom is -0.356 e. The molecule has 4 heteroatoms. The van der Waals surface area contributed by atoms with Crippen molar-refractivity contribution in [2.75, 3.05) is 0 Å². The number of rotatable bonds is 2. The van der Waals surface area contributed by atoms with Gasteiger partial charge < -0.3 is 4.84 Å². The van der Waals surface area contributed by atoms with E-state index in [9.17, 15) is 4.79 Å². The molecule has 0 atom stereocenters. The fourth-order valence-electron chi connectivity index (χ4n) is 1.80. The summed E-state index contributed by atoms with van der Waals surface area (Å²) >= 11 is 3.64. The summed E-state index contributed by atoms with van der Waals surface area (Å²) in [5, 5.41) is 1.94. The molecule has 0 fully saturated rings. The third-order valence-electron chi connectivity index (χ3n) is 2.47. The van der Waals surface area contributed by atoms with Gasteiger partial charge in [-0.25, -0.2) is 4.79 Å². The molecule has 0 amide bonds. The molecule has 1 N–H and O–H groups in total. The van der Waals surface area contributed by atoms with Crippen molar-refractivity contribution in [1.82, 2.24) is 4.89 Å². The molecule has 0 unspecified atom stereocenters. The van der Waals surface area contributed by atoms with Crippen LogP contribution in [0.1, 0.15) is 15.9 Å². The standard InChI is InChI=1S/C12H11NO2S/c1-8-4-2-5-9-6-3-7-10(11(8)9)12(14)15-13-16/h2-7,13,16H,1H3. The zero-order chi connectivity index (χ0) is 11.5. The van der Waals surface area contributed by atoms with Crippen LogP contribution in [-0.2, 0) is 4.84 Å². The van der Waals surface area contributed by atoms with Crippen LogP contribution in [0.4, 0.5) is 0 Å². The smallest absolute Gasteiger partial charge is 0.356 e. The highest BCUT2D eigenvalue weighted by Gasteiger charge is 2.12. The average molecular weight is 233 g/mol. The van der Waals surface area contributed by atoms with Crippen molar-refractivity contribution in [2.24, 2.45) is 0 Å². The second kappa shape index (κ2) is 4.55. The van der Waals surface area contributed by atoms with Crippen LogP contribution in [-0.4, -0.2) is 5.97 Å². The van der Waals surface area contributed by atoms with E-state index in [0.29, 0.717) is 5.56 Å². The van der Waals surface area contributed by atoms with Gasteiger partial charge in [-0.05, 0) is 29.3 Å². The Morgan fingerprint density at radius 3 is 2.62 bits per heavy atom. The Kier molecular flexibility index (Phi) is 3.12. The number of hydrogen-bond acceptors (Lipinski definition) is 4. The Balaban J connectivity index is 2.65. The molecule has 2 aromatic carbocycles. The third kappa shape index (κ3) is 1.89. The number of carbonyl (C=O) groups excluding carboxylic acids is 1. The van der Waals surface area contributed by atoms with Crippen molar-refractivity contribution in [3.05, 3.63) is 47.5 Å². The number of nitrogens with one attached hydrogen (secondary N) is 1. The fourth-order valence-corrected chi connectivity index (χ4v) is 1.88. The summed E-state index contributed by atoms with van der Waals surface area (Å²) < 4.78 is 0. The van der Waals surface area contributed by atoms with E-state index in [4.69, 9.17) is 0 Å². The predicted octanol–water partition coefficient (Wildman–Crippen LogP) is 2.65. The molecule has 0 aliphatic rings. The maximum absolute atomic E-state index is 11.7. The molecule has 0 aliphatic heterocycles. The van der Waals surface area contributed by atoms with E-state index in [1.165, 1.54) is 0 Å². The number of aryl methyl sites for hydroxylation is 1. The first-order valence-corrected chi connectivity index (χ1v) is 5.27. The highest BCUT2D eigenvalue weighted by Crippen LogP contribution is 2.22. The summed E-state index contributed by atoms with van der Waals surface area (Å²) in [4.78, 5) is 18.4. The maximum atomic E-state index is 11.7. The van der Waals surface area contributed by atoms with Crippen LogP contribution >= 0.6 is 12.8 Å². The van der Waals surface area contributed by atoms with Crippen LogP contribution in [0.15, 0.2) is 36.4 Å². The van der Waals surface area contributed by atoms with Crippen LogP contribution in [0.25, 0.3) is 10.8 Å². The van der Waals surface area contributed by atoms with Gasteiger partial charge in [-0.1, -0.05) is 48.0 Å². The summed E-state index contributed by atoms with van der Waals surface area (Å²) in [6, 6.07) is 11.4. The molecule has 2 rings (SSSR count). The van der Waals surface area contributed by atoms with Crippen molar-refractivity contribution < 1.29 is 9.63 Å². The van der Waals surface area contributed by atoms with Gasteiger partial charge in [-0.2, -0.15) is 0 Å². The molecule has 0 aromatic heterocycles. The highest BCUT2D eigenvalue weighted by atomic mass is 32.1. The van der Waals surface area contributed by atoms with Crippen molar-refractivity contribution >= 4 is 29.6 Å². The van der Waals surface area contributed by atoms with Gasteiger partial charge in [0.25, 0.3) is 0 Å². The molecular weight excluding hydrogens is 222 g/mol. The number of hydrogen-bond donors (Lipinski definition) is 2. The van der Waals surface area contributed by atoms with Crippen molar-refractivity contribution in [3.63, 3.8) is 0 Å². The van der Waals surface area contributed by atoms with Crippen LogP contribution in [0.3, 0.4) is 0 Å². The van der Waals surface area contributed by atoms with Gasteiger partial charge in [0, 0.05) is 0 Å². The quantitative estimate of drug-likeness (QED) is 0.618. The summed E-state index contributed by atoms with van der Waals surface area (Å²) in [7, 11) is 0. The Hall–Kier alpha value is -1.52. The summed E-state index contributed by atoms with van der Waals surface area (Å²) in [6.45, 7) is 1.97. The first-order valence-electron chi connectivity index (χ1n) is 4.82. The molecule has 16 heavy (non-hydrogen) atoms. The molecule has 0 heterocycles. The van der Waals surface area contributed by atoms with Gasteiger partial charge in [0.1, 0.15) is 0 Å². The number of fused-ring (bicyclic) bond motifs is 1. The lowest BCUT2D eigenvalue weighted by Crippen LogP contribution is -2.11. The molecule has 0 radical (unpaired) electrons. The van der Waals surface area contributed by atoms with Crippen molar-refractivity contribution in [3.8, 4) is 0 Å². The minimum absolute atomic E-state index is 0.435. The second-order valence-electron chi connectivity index (χ2n) is 3.46. The molecule has 0 saturated heterocycles. The molecular formula is C12H11NO2S. The van der Waals surface area contributed by atoms with E-state index in [0.717, 1.165) is 16.3 Å². The normalized spacial score (nSPS) is 10.4. The fraction of sp³-hybridized carbons (Fsp3) is 0.0833. The molecule has 0 saturated carbocycles. The molecule has 0 spiro atoms. The van der Waals surface area contributed by atoms with E-state index >= 15 is 0 Å². The second-order valence-corrected chi connectivity index (χ2v) is 3.64. The topological polar surface area (TPSA) is 38.3 Å². The van der Waals surface area contributed by atoms with Crippen molar-refractivity contribution in [1.29, 1.82) is 0 Å². The van der Waals surface area contributed by atoms with Crippen LogP contribution in [0.5, 0.6) is 0 Å². The van der Waals surface area contributed by atoms with Crippen molar-refractivity contribution in [2.45, 2.75) is 6.92 Å². The predicted molar refractivity (Wildman–Crippen MR) is 66.2 cm³/mol. The van der Waals surface area contributed by atoms with Gasteiger partial charge in [0.2, 0.25) is 0 Å². The van der Waals surface area contributed by atoms with E-state index in [1.807, 2.05) is 37.3 Å². The molecule has 0 aliphatic carbocycles. The van der Waals surface area contributed by atoms with Gasteiger partial charge in [0.05, 0.1) is 5.56 Å². The average Bonchev–Trinajstić information content (AvgIpc) is 2.29. The first kappa shape index (κ1) is 11.0. The lowest BCUT2D eigenvalue weighted by atomic mass is 10.0. The molecule has 3 nitrogen and oxygen atoms in total.